The number of rotatable bonds is 41. The quantitative estimate of drug-likeness (QED) is 0.0270. The summed E-state index contributed by atoms with van der Waals surface area (Å²) in [6.45, 7) is 3.73. The molecule has 0 aromatic rings. The second-order valence-corrected chi connectivity index (χ2v) is 16.0. The van der Waals surface area contributed by atoms with E-state index in [0.717, 1.165) is 38.5 Å². The molecule has 0 rings (SSSR count). The Labute approximate surface area is 319 Å². The van der Waals surface area contributed by atoms with Gasteiger partial charge in [-0.15, -0.1) is 0 Å². The van der Waals surface area contributed by atoms with E-state index < -0.39 is 26.5 Å². The molecule has 0 aliphatic rings. The Kier molecular flexibility index (Phi) is 38.5. The molecule has 9 nitrogen and oxygen atoms in total. The lowest BCUT2D eigenvalue weighted by molar-refractivity contribution is -0.161. The van der Waals surface area contributed by atoms with Gasteiger partial charge in [-0.1, -0.05) is 180 Å². The highest BCUT2D eigenvalue weighted by Gasteiger charge is 2.26. The lowest BCUT2D eigenvalue weighted by atomic mass is 10.0. The molecule has 0 aromatic carbocycles. The molecular formula is C42H82NO8P. The van der Waals surface area contributed by atoms with Crippen LogP contribution in [0.15, 0.2) is 12.2 Å². The predicted octanol–water partition coefficient (Wildman–Crippen LogP) is 12.2. The summed E-state index contributed by atoms with van der Waals surface area (Å²) in [6.07, 6.45) is 39.5. The van der Waals surface area contributed by atoms with Gasteiger partial charge >= 0.3 is 19.8 Å². The number of hydrogen-bond acceptors (Lipinski definition) is 8. The topological polar surface area (TPSA) is 134 Å². The molecule has 0 radical (unpaired) electrons. The van der Waals surface area contributed by atoms with Crippen LogP contribution in [0.25, 0.3) is 0 Å². The van der Waals surface area contributed by atoms with E-state index in [2.05, 4.69) is 26.0 Å². The van der Waals surface area contributed by atoms with Gasteiger partial charge < -0.3 is 20.1 Å². The molecule has 308 valence electrons. The second kappa shape index (κ2) is 39.4. The molecule has 0 bridgehead atoms. The van der Waals surface area contributed by atoms with Crippen LogP contribution in [0.2, 0.25) is 0 Å². The minimum absolute atomic E-state index is 0.0559. The number of unbranched alkanes of at least 4 members (excludes halogenated alkanes) is 26. The number of hydrogen-bond donors (Lipinski definition) is 2. The van der Waals surface area contributed by atoms with E-state index in [4.69, 9.17) is 24.3 Å². The average Bonchev–Trinajstić information content (AvgIpc) is 3.13. The molecule has 0 heterocycles. The minimum atomic E-state index is -4.37. The van der Waals surface area contributed by atoms with E-state index in [0.29, 0.717) is 6.42 Å². The zero-order chi connectivity index (χ0) is 38.2. The van der Waals surface area contributed by atoms with Crippen LogP contribution in [0, 0.1) is 0 Å². The van der Waals surface area contributed by atoms with Crippen LogP contribution in [-0.2, 0) is 32.7 Å². The van der Waals surface area contributed by atoms with Crippen LogP contribution in [0.3, 0.4) is 0 Å². The van der Waals surface area contributed by atoms with Crippen molar-refractivity contribution in [1.29, 1.82) is 0 Å². The molecule has 0 saturated carbocycles. The fourth-order valence-corrected chi connectivity index (χ4v) is 6.91. The monoisotopic (exact) mass is 760 g/mol. The van der Waals surface area contributed by atoms with Crippen LogP contribution in [0.4, 0.5) is 0 Å². The summed E-state index contributed by atoms with van der Waals surface area (Å²) in [5.41, 5.74) is 5.34. The molecule has 52 heavy (non-hydrogen) atoms. The summed E-state index contributed by atoms with van der Waals surface area (Å²) >= 11 is 0. The molecule has 2 atom stereocenters. The number of carbonyl (C=O) groups is 2. The fourth-order valence-electron chi connectivity index (χ4n) is 6.15. The number of nitrogens with two attached hydrogens (primary N) is 1. The van der Waals surface area contributed by atoms with E-state index >= 15 is 0 Å². The Morgan fingerprint density at radius 2 is 0.962 bits per heavy atom. The van der Waals surface area contributed by atoms with E-state index in [1.807, 2.05) is 0 Å². The molecular weight excluding hydrogens is 677 g/mol. The summed E-state index contributed by atoms with van der Waals surface area (Å²) in [4.78, 5) is 34.8. The lowest BCUT2D eigenvalue weighted by Gasteiger charge is -2.19. The highest BCUT2D eigenvalue weighted by Crippen LogP contribution is 2.43. The maximum absolute atomic E-state index is 12.6. The van der Waals surface area contributed by atoms with E-state index in [-0.39, 0.29) is 38.6 Å². The van der Waals surface area contributed by atoms with Crippen molar-refractivity contribution in [1.82, 2.24) is 0 Å². The van der Waals surface area contributed by atoms with Gasteiger partial charge in [-0.05, 0) is 32.1 Å². The third-order valence-corrected chi connectivity index (χ3v) is 10.4. The van der Waals surface area contributed by atoms with E-state index in [1.165, 1.54) is 141 Å². The van der Waals surface area contributed by atoms with Crippen molar-refractivity contribution >= 4 is 19.8 Å². The Hall–Kier alpha value is -1.25. The van der Waals surface area contributed by atoms with Crippen molar-refractivity contribution in [3.8, 4) is 0 Å². The van der Waals surface area contributed by atoms with Crippen LogP contribution in [0.5, 0.6) is 0 Å². The first-order valence-electron chi connectivity index (χ1n) is 21.7. The van der Waals surface area contributed by atoms with Gasteiger partial charge in [0.05, 0.1) is 13.2 Å². The second-order valence-electron chi connectivity index (χ2n) is 14.6. The SMILES string of the molecule is CCCC/C=C/CCCCCCCCCCCC(=O)O[C@H](COC(=O)CCCCCCCCCCCCCCCCCC)COP(=O)(O)OCCN. The highest BCUT2D eigenvalue weighted by atomic mass is 31.2. The number of phosphoric ester groups is 1. The Balaban J connectivity index is 4.11. The third kappa shape index (κ3) is 38.5. The van der Waals surface area contributed by atoms with Crippen molar-refractivity contribution in [3.63, 3.8) is 0 Å². The summed E-state index contributed by atoms with van der Waals surface area (Å²) in [6, 6.07) is 0. The molecule has 3 N–H and O–H groups in total. The zero-order valence-corrected chi connectivity index (χ0v) is 34.7. The summed E-state index contributed by atoms with van der Waals surface area (Å²) in [5.74, 6) is -0.820. The summed E-state index contributed by atoms with van der Waals surface area (Å²) in [7, 11) is -4.37. The van der Waals surface area contributed by atoms with Gasteiger partial charge in [0, 0.05) is 19.4 Å². The molecule has 0 aromatic heterocycles. The molecule has 0 spiro atoms. The van der Waals surface area contributed by atoms with Crippen LogP contribution in [-0.4, -0.2) is 49.3 Å². The molecule has 1 unspecified atom stereocenters. The largest absolute Gasteiger partial charge is 0.472 e. The Morgan fingerprint density at radius 1 is 0.558 bits per heavy atom. The van der Waals surface area contributed by atoms with Crippen LogP contribution < -0.4 is 5.73 Å². The summed E-state index contributed by atoms with van der Waals surface area (Å²) in [5, 5.41) is 0. The first kappa shape index (κ1) is 50.8. The number of esters is 2. The number of carbonyl (C=O) groups excluding carboxylic acids is 2. The molecule has 0 aliphatic heterocycles. The van der Waals surface area contributed by atoms with Gasteiger partial charge in [-0.3, -0.25) is 18.6 Å². The first-order valence-corrected chi connectivity index (χ1v) is 23.2. The molecule has 0 fully saturated rings. The third-order valence-electron chi connectivity index (χ3n) is 9.40. The Morgan fingerprint density at radius 3 is 1.42 bits per heavy atom. The number of ether oxygens (including phenoxy) is 2. The molecule has 0 amide bonds. The van der Waals surface area contributed by atoms with Crippen molar-refractivity contribution in [2.24, 2.45) is 5.73 Å². The number of phosphoric acid groups is 1. The van der Waals surface area contributed by atoms with Crippen LogP contribution in [0.1, 0.15) is 213 Å². The van der Waals surface area contributed by atoms with Gasteiger partial charge in [0.15, 0.2) is 6.10 Å². The smallest absolute Gasteiger partial charge is 0.462 e. The van der Waals surface area contributed by atoms with Crippen molar-refractivity contribution in [2.75, 3.05) is 26.4 Å². The number of allylic oxidation sites excluding steroid dienone is 2. The van der Waals surface area contributed by atoms with Crippen molar-refractivity contribution < 1.29 is 37.6 Å². The molecule has 0 aliphatic carbocycles. The van der Waals surface area contributed by atoms with Gasteiger partial charge in [0.1, 0.15) is 6.61 Å². The molecule has 0 saturated heterocycles. The van der Waals surface area contributed by atoms with Gasteiger partial charge in [0.2, 0.25) is 0 Å². The maximum Gasteiger partial charge on any atom is 0.472 e. The highest BCUT2D eigenvalue weighted by molar-refractivity contribution is 7.47. The Bertz CT molecular complexity index is 871. The predicted molar refractivity (Wildman–Crippen MR) is 215 cm³/mol. The minimum Gasteiger partial charge on any atom is -0.462 e. The fraction of sp³-hybridized carbons (Fsp3) is 0.905. The zero-order valence-electron chi connectivity index (χ0n) is 33.8. The van der Waals surface area contributed by atoms with E-state index in [9.17, 15) is 19.0 Å². The van der Waals surface area contributed by atoms with E-state index in [1.54, 1.807) is 0 Å². The summed E-state index contributed by atoms with van der Waals surface area (Å²) < 4.78 is 32.8. The average molecular weight is 760 g/mol. The van der Waals surface area contributed by atoms with Crippen LogP contribution >= 0.6 is 7.82 Å². The maximum atomic E-state index is 12.6. The van der Waals surface area contributed by atoms with Gasteiger partial charge in [-0.25, -0.2) is 4.57 Å². The molecule has 10 heteroatoms. The normalized spacial score (nSPS) is 13.4. The van der Waals surface area contributed by atoms with Crippen molar-refractivity contribution in [3.05, 3.63) is 12.2 Å². The first-order chi connectivity index (χ1) is 25.3. The van der Waals surface area contributed by atoms with Gasteiger partial charge in [-0.2, -0.15) is 0 Å². The van der Waals surface area contributed by atoms with Gasteiger partial charge in [0.25, 0.3) is 0 Å². The lowest BCUT2D eigenvalue weighted by Crippen LogP contribution is -2.29. The van der Waals surface area contributed by atoms with Crippen molar-refractivity contribution in [2.45, 2.75) is 219 Å². The standard InChI is InChI=1S/C42H82NO8P/c1-3-5-7-9-11-13-15-17-19-21-22-24-26-28-30-32-34-41(44)48-38-40(39-50-52(46,47)49-37-36-43)51-42(45)35-33-31-29-27-25-23-20-18-16-14-12-10-8-6-4-2/h10,12,40H,3-9,11,13-39,43H2,1-2H3,(H,46,47)/b12-10+/t40-/m1/s1.